The second-order valence-corrected chi connectivity index (χ2v) is 11.9. The van der Waals surface area contributed by atoms with Gasteiger partial charge in [0, 0.05) is 24.3 Å². The van der Waals surface area contributed by atoms with Crippen LogP contribution in [0.4, 0.5) is 0 Å². The highest BCUT2D eigenvalue weighted by Crippen LogP contribution is 2.38. The molecule has 0 N–H and O–H groups in total. The van der Waals surface area contributed by atoms with Gasteiger partial charge >= 0.3 is 0 Å². The first-order valence-corrected chi connectivity index (χ1v) is 11.4. The normalized spacial score (nSPS) is 12.6. The molecule has 2 rings (SSSR count). The average molecular weight is 596 g/mol. The molecule has 4 heteroatoms. The number of halogens is 4. The lowest BCUT2D eigenvalue weighted by atomic mass is 9.85. The molecule has 0 atom stereocenters. The fourth-order valence-corrected chi connectivity index (χ4v) is 5.52. The van der Waals surface area contributed by atoms with Crippen molar-refractivity contribution in [2.24, 2.45) is 0 Å². The van der Waals surface area contributed by atoms with Crippen molar-refractivity contribution in [1.29, 1.82) is 0 Å². The summed E-state index contributed by atoms with van der Waals surface area (Å²) in [5.74, 6) is 0. The maximum absolute atomic E-state index is 3.78. The highest BCUT2D eigenvalue weighted by Gasteiger charge is 2.21. The SMILES string of the molecule is CC(C)(C)c1cc(Br)c(Cc2c(Br)cc(C(C)(C)C)cc2Br)c(Br)c1. The van der Waals surface area contributed by atoms with Crippen LogP contribution in [0.15, 0.2) is 42.2 Å². The van der Waals surface area contributed by atoms with Gasteiger partial charge in [0.25, 0.3) is 0 Å². The standard InChI is InChI=1S/C21H24Br4/c1-20(2,3)12-7-16(22)14(17(23)8-12)11-15-18(24)9-13(10-19(15)25)21(4,5)6/h7-10H,11H2,1-6H3. The van der Waals surface area contributed by atoms with Gasteiger partial charge in [-0.3, -0.25) is 0 Å². The van der Waals surface area contributed by atoms with Gasteiger partial charge in [-0.25, -0.2) is 0 Å². The van der Waals surface area contributed by atoms with Crippen molar-refractivity contribution >= 4 is 63.7 Å². The molecule has 0 spiro atoms. The zero-order chi connectivity index (χ0) is 19.2. The van der Waals surface area contributed by atoms with Gasteiger partial charge in [-0.05, 0) is 57.3 Å². The molecule has 2 aromatic carbocycles. The van der Waals surface area contributed by atoms with E-state index in [1.807, 2.05) is 0 Å². The average Bonchev–Trinajstić information content (AvgIpc) is 2.42. The van der Waals surface area contributed by atoms with Crippen LogP contribution in [0.5, 0.6) is 0 Å². The molecular weight excluding hydrogens is 572 g/mol. The van der Waals surface area contributed by atoms with Gasteiger partial charge in [-0.1, -0.05) is 105 Å². The quantitative estimate of drug-likeness (QED) is 0.325. The summed E-state index contributed by atoms with van der Waals surface area (Å²) in [5.41, 5.74) is 5.40. The Morgan fingerprint density at radius 2 is 0.800 bits per heavy atom. The predicted molar refractivity (Wildman–Crippen MR) is 124 cm³/mol. The molecule has 0 radical (unpaired) electrons. The van der Waals surface area contributed by atoms with Crippen molar-refractivity contribution in [2.45, 2.75) is 58.8 Å². The minimum atomic E-state index is 0.124. The second-order valence-electron chi connectivity index (χ2n) is 8.51. The largest absolute Gasteiger partial charge is 0.0561 e. The Balaban J connectivity index is 2.48. The Morgan fingerprint density at radius 1 is 0.560 bits per heavy atom. The van der Waals surface area contributed by atoms with Crippen LogP contribution in [-0.4, -0.2) is 0 Å². The fraction of sp³-hybridized carbons (Fsp3) is 0.429. The van der Waals surface area contributed by atoms with E-state index in [0.717, 1.165) is 24.3 Å². The number of hydrogen-bond donors (Lipinski definition) is 0. The van der Waals surface area contributed by atoms with Crippen LogP contribution in [0.3, 0.4) is 0 Å². The lowest BCUT2D eigenvalue weighted by Gasteiger charge is -2.23. The molecule has 2 aromatic rings. The highest BCUT2D eigenvalue weighted by molar-refractivity contribution is 9.11. The van der Waals surface area contributed by atoms with Gasteiger partial charge in [-0.15, -0.1) is 0 Å². The first-order chi connectivity index (χ1) is 11.3. The van der Waals surface area contributed by atoms with Crippen LogP contribution in [0.25, 0.3) is 0 Å². The van der Waals surface area contributed by atoms with E-state index in [-0.39, 0.29) is 10.8 Å². The van der Waals surface area contributed by atoms with Crippen molar-refractivity contribution < 1.29 is 0 Å². The Kier molecular flexibility index (Phi) is 6.73. The van der Waals surface area contributed by atoms with E-state index in [1.165, 1.54) is 22.3 Å². The molecule has 0 nitrogen and oxygen atoms in total. The molecule has 0 aliphatic rings. The monoisotopic (exact) mass is 592 g/mol. The highest BCUT2D eigenvalue weighted by atomic mass is 79.9. The molecule has 0 fully saturated rings. The summed E-state index contributed by atoms with van der Waals surface area (Å²) in [4.78, 5) is 0. The third-order valence-electron chi connectivity index (χ3n) is 4.37. The Bertz CT molecular complexity index is 679. The zero-order valence-corrected chi connectivity index (χ0v) is 21.9. The van der Waals surface area contributed by atoms with Crippen molar-refractivity contribution in [3.05, 3.63) is 64.4 Å². The van der Waals surface area contributed by atoms with Crippen molar-refractivity contribution in [3.8, 4) is 0 Å². The predicted octanol–water partition coefficient (Wildman–Crippen LogP) is 8.92. The summed E-state index contributed by atoms with van der Waals surface area (Å²) in [5, 5.41) is 0. The summed E-state index contributed by atoms with van der Waals surface area (Å²) in [6.07, 6.45) is 0.844. The number of benzene rings is 2. The molecule has 0 unspecified atom stereocenters. The van der Waals surface area contributed by atoms with E-state index in [0.29, 0.717) is 0 Å². The Hall–Kier alpha value is 0.360. The smallest absolute Gasteiger partial charge is 0.0224 e. The maximum atomic E-state index is 3.78. The second kappa shape index (κ2) is 7.77. The van der Waals surface area contributed by atoms with Crippen molar-refractivity contribution in [3.63, 3.8) is 0 Å². The van der Waals surface area contributed by atoms with Crippen molar-refractivity contribution in [2.75, 3.05) is 0 Å². The molecular formula is C21H24Br4. The number of rotatable bonds is 2. The molecule has 0 aromatic heterocycles. The van der Waals surface area contributed by atoms with E-state index < -0.39 is 0 Å². The molecule has 25 heavy (non-hydrogen) atoms. The van der Waals surface area contributed by atoms with Crippen LogP contribution in [0, 0.1) is 0 Å². The molecule has 0 heterocycles. The lowest BCUT2D eigenvalue weighted by molar-refractivity contribution is 0.589. The minimum Gasteiger partial charge on any atom is -0.0561 e. The van der Waals surface area contributed by atoms with E-state index in [2.05, 4.69) is 130 Å². The van der Waals surface area contributed by atoms with Gasteiger partial charge in [0.15, 0.2) is 0 Å². The van der Waals surface area contributed by atoms with Crippen LogP contribution in [0.1, 0.15) is 63.8 Å². The summed E-state index contributed by atoms with van der Waals surface area (Å²) in [6, 6.07) is 8.97. The van der Waals surface area contributed by atoms with Crippen LogP contribution in [-0.2, 0) is 17.3 Å². The van der Waals surface area contributed by atoms with E-state index in [1.54, 1.807) is 0 Å². The molecule has 0 amide bonds. The van der Waals surface area contributed by atoms with E-state index in [4.69, 9.17) is 0 Å². The van der Waals surface area contributed by atoms with Crippen LogP contribution < -0.4 is 0 Å². The van der Waals surface area contributed by atoms with Gasteiger partial charge in [-0.2, -0.15) is 0 Å². The summed E-state index contributed by atoms with van der Waals surface area (Å²) < 4.78 is 4.58. The van der Waals surface area contributed by atoms with Gasteiger partial charge in [0.2, 0.25) is 0 Å². The third kappa shape index (κ3) is 5.21. The fourth-order valence-electron chi connectivity index (χ4n) is 2.59. The third-order valence-corrected chi connectivity index (χ3v) is 7.20. The van der Waals surface area contributed by atoms with E-state index in [9.17, 15) is 0 Å². The first-order valence-electron chi connectivity index (χ1n) is 8.27. The molecule has 0 saturated heterocycles. The van der Waals surface area contributed by atoms with Gasteiger partial charge in [0.1, 0.15) is 0 Å². The topological polar surface area (TPSA) is 0 Å². The molecule has 0 aliphatic heterocycles. The van der Waals surface area contributed by atoms with Gasteiger partial charge in [0.05, 0.1) is 0 Å². The summed E-state index contributed by atoms with van der Waals surface area (Å²) >= 11 is 15.1. The lowest BCUT2D eigenvalue weighted by Crippen LogP contribution is -2.12. The Morgan fingerprint density at radius 3 is 1.00 bits per heavy atom. The van der Waals surface area contributed by atoms with Crippen molar-refractivity contribution in [1.82, 2.24) is 0 Å². The van der Waals surface area contributed by atoms with E-state index >= 15 is 0 Å². The molecule has 0 bridgehead atoms. The molecule has 0 saturated carbocycles. The summed E-state index contributed by atoms with van der Waals surface area (Å²) in [7, 11) is 0. The maximum Gasteiger partial charge on any atom is 0.0224 e. The molecule has 0 aliphatic carbocycles. The Labute approximate surface area is 185 Å². The van der Waals surface area contributed by atoms with Gasteiger partial charge < -0.3 is 0 Å². The van der Waals surface area contributed by atoms with Crippen LogP contribution >= 0.6 is 63.7 Å². The summed E-state index contributed by atoms with van der Waals surface area (Å²) in [6.45, 7) is 13.4. The minimum absolute atomic E-state index is 0.124. The van der Waals surface area contributed by atoms with Crippen LogP contribution in [0.2, 0.25) is 0 Å². The first kappa shape index (κ1) is 21.7. The zero-order valence-electron chi connectivity index (χ0n) is 15.5. The molecule has 136 valence electrons. The number of hydrogen-bond acceptors (Lipinski definition) is 0.